The number of rotatable bonds is 4. The van der Waals surface area contributed by atoms with Crippen molar-refractivity contribution >= 4 is 0 Å². The third kappa shape index (κ3) is 11.4. The largest absolute Gasteiger partial charge is 0.314 e. The molecule has 0 unspecified atom stereocenters. The van der Waals surface area contributed by atoms with Crippen LogP contribution in [-0.4, -0.2) is 122 Å². The van der Waals surface area contributed by atoms with Gasteiger partial charge in [0.1, 0.15) is 0 Å². The smallest absolute Gasteiger partial charge is 0.0113 e. The average molecular weight is 427 g/mol. The molecule has 2 N–H and O–H groups in total. The van der Waals surface area contributed by atoms with E-state index in [1.807, 2.05) is 0 Å². The van der Waals surface area contributed by atoms with Gasteiger partial charge in [-0.15, -0.1) is 0 Å². The molecule has 0 saturated carbocycles. The van der Waals surface area contributed by atoms with Gasteiger partial charge in [0.15, 0.2) is 0 Å². The van der Waals surface area contributed by atoms with Crippen LogP contribution in [0.15, 0.2) is 0 Å². The summed E-state index contributed by atoms with van der Waals surface area (Å²) in [5, 5.41) is 7.41. The molecule has 30 heavy (non-hydrogen) atoms. The summed E-state index contributed by atoms with van der Waals surface area (Å²) < 4.78 is 0. The highest BCUT2D eigenvalue weighted by Crippen LogP contribution is 2.04. The minimum Gasteiger partial charge on any atom is -0.314 e. The molecule has 0 spiro atoms. The SMILES string of the molecule is CC(C)N1CCNCCN(C(C)C)CCN(C(C)C)CCNCCN(C(C)C)CC1. The Balaban J connectivity index is 2.73. The van der Waals surface area contributed by atoms with E-state index >= 15 is 0 Å². The van der Waals surface area contributed by atoms with Gasteiger partial charge in [-0.2, -0.15) is 0 Å². The van der Waals surface area contributed by atoms with Crippen LogP contribution in [0.1, 0.15) is 55.4 Å². The van der Waals surface area contributed by atoms with E-state index < -0.39 is 0 Å². The number of hydrogen-bond acceptors (Lipinski definition) is 6. The van der Waals surface area contributed by atoms with Crippen LogP contribution in [0, 0.1) is 0 Å². The van der Waals surface area contributed by atoms with Gasteiger partial charge in [0.05, 0.1) is 0 Å². The maximum atomic E-state index is 3.71. The predicted molar refractivity (Wildman–Crippen MR) is 133 cm³/mol. The van der Waals surface area contributed by atoms with Crippen LogP contribution >= 0.6 is 0 Å². The zero-order chi connectivity index (χ0) is 22.5. The summed E-state index contributed by atoms with van der Waals surface area (Å²) in [5.41, 5.74) is 0. The van der Waals surface area contributed by atoms with Crippen molar-refractivity contribution in [2.24, 2.45) is 0 Å². The van der Waals surface area contributed by atoms with E-state index in [1.54, 1.807) is 0 Å². The van der Waals surface area contributed by atoms with Gasteiger partial charge in [-0.1, -0.05) is 0 Å². The van der Waals surface area contributed by atoms with E-state index in [9.17, 15) is 0 Å². The van der Waals surface area contributed by atoms with E-state index in [0.29, 0.717) is 24.2 Å². The summed E-state index contributed by atoms with van der Waals surface area (Å²) >= 11 is 0. The Hall–Kier alpha value is -0.240. The molecule has 180 valence electrons. The fraction of sp³-hybridized carbons (Fsp3) is 1.00. The number of nitrogens with one attached hydrogen (secondary N) is 2. The van der Waals surface area contributed by atoms with Crippen LogP contribution < -0.4 is 10.6 Å². The predicted octanol–water partition coefficient (Wildman–Crippen LogP) is 2.02. The summed E-state index contributed by atoms with van der Waals surface area (Å²) in [6.07, 6.45) is 0. The Morgan fingerprint density at radius 2 is 0.567 bits per heavy atom. The van der Waals surface area contributed by atoms with Crippen LogP contribution in [0.4, 0.5) is 0 Å². The topological polar surface area (TPSA) is 37.0 Å². The maximum Gasteiger partial charge on any atom is 0.0113 e. The van der Waals surface area contributed by atoms with Gasteiger partial charge in [-0.3, -0.25) is 19.6 Å². The second kappa shape index (κ2) is 15.5. The normalized spacial score (nSPS) is 22.8. The van der Waals surface area contributed by atoms with E-state index in [2.05, 4.69) is 85.6 Å². The molecule has 1 rings (SSSR count). The quantitative estimate of drug-likeness (QED) is 0.716. The van der Waals surface area contributed by atoms with Crippen molar-refractivity contribution in [2.75, 3.05) is 78.5 Å². The zero-order valence-electron chi connectivity index (χ0n) is 21.6. The zero-order valence-corrected chi connectivity index (χ0v) is 21.6. The summed E-state index contributed by atoms with van der Waals surface area (Å²) in [4.78, 5) is 10.5. The molecule has 0 bridgehead atoms. The highest BCUT2D eigenvalue weighted by Gasteiger charge is 2.16. The minimum absolute atomic E-state index is 0.596. The standard InChI is InChI=1S/C24H54N6/c1-21(2)27-13-9-25-10-15-29(23(5)6)19-20-30(24(7)8)16-12-26-11-14-28(18-17-27)22(3)4/h21-26H,9-20H2,1-8H3. The molecule has 0 radical (unpaired) electrons. The molecule has 1 aliphatic heterocycles. The molecular formula is C24H54N6. The van der Waals surface area contributed by atoms with Crippen LogP contribution in [0.3, 0.4) is 0 Å². The van der Waals surface area contributed by atoms with Gasteiger partial charge < -0.3 is 10.6 Å². The van der Waals surface area contributed by atoms with E-state index in [0.717, 1.165) is 78.5 Å². The summed E-state index contributed by atoms with van der Waals surface area (Å²) in [7, 11) is 0. The molecule has 1 aliphatic rings. The molecular weight excluding hydrogens is 372 g/mol. The van der Waals surface area contributed by atoms with Gasteiger partial charge in [0, 0.05) is 103 Å². The number of hydrogen-bond donors (Lipinski definition) is 2. The first kappa shape index (κ1) is 27.8. The molecule has 0 amide bonds. The Labute approximate surface area is 188 Å². The minimum atomic E-state index is 0.596. The fourth-order valence-corrected chi connectivity index (χ4v) is 4.17. The molecule has 1 heterocycles. The second-order valence-electron chi connectivity index (χ2n) is 10.0. The van der Waals surface area contributed by atoms with E-state index in [1.165, 1.54) is 0 Å². The second-order valence-corrected chi connectivity index (χ2v) is 10.0. The van der Waals surface area contributed by atoms with Crippen LogP contribution in [0.25, 0.3) is 0 Å². The maximum absolute atomic E-state index is 3.71. The summed E-state index contributed by atoms with van der Waals surface area (Å²) in [6.45, 7) is 32.0. The van der Waals surface area contributed by atoms with Gasteiger partial charge in [0.25, 0.3) is 0 Å². The molecule has 0 atom stereocenters. The van der Waals surface area contributed by atoms with Crippen molar-refractivity contribution in [3.8, 4) is 0 Å². The molecule has 0 aromatic heterocycles. The molecule has 1 saturated heterocycles. The van der Waals surface area contributed by atoms with Crippen molar-refractivity contribution in [3.63, 3.8) is 0 Å². The molecule has 0 aromatic rings. The highest BCUT2D eigenvalue weighted by atomic mass is 15.2. The van der Waals surface area contributed by atoms with Crippen molar-refractivity contribution in [3.05, 3.63) is 0 Å². The van der Waals surface area contributed by atoms with Gasteiger partial charge >= 0.3 is 0 Å². The Bertz CT molecular complexity index is 339. The molecule has 6 nitrogen and oxygen atoms in total. The average Bonchev–Trinajstić information content (AvgIpc) is 2.66. The van der Waals surface area contributed by atoms with Crippen molar-refractivity contribution in [2.45, 2.75) is 79.6 Å². The van der Waals surface area contributed by atoms with E-state index in [-0.39, 0.29) is 0 Å². The lowest BCUT2D eigenvalue weighted by Gasteiger charge is -2.34. The van der Waals surface area contributed by atoms with Crippen LogP contribution in [0.5, 0.6) is 0 Å². The first-order valence-electron chi connectivity index (χ1n) is 12.6. The first-order chi connectivity index (χ1) is 14.2. The molecule has 1 fully saturated rings. The van der Waals surface area contributed by atoms with Gasteiger partial charge in [-0.25, -0.2) is 0 Å². The number of nitrogens with zero attached hydrogens (tertiary/aromatic N) is 4. The molecule has 0 aromatic carbocycles. The highest BCUT2D eigenvalue weighted by molar-refractivity contribution is 4.74. The monoisotopic (exact) mass is 426 g/mol. The Morgan fingerprint density at radius 3 is 0.733 bits per heavy atom. The van der Waals surface area contributed by atoms with Crippen molar-refractivity contribution < 1.29 is 0 Å². The van der Waals surface area contributed by atoms with Gasteiger partial charge in [-0.05, 0) is 55.4 Å². The van der Waals surface area contributed by atoms with E-state index in [4.69, 9.17) is 0 Å². The van der Waals surface area contributed by atoms with Crippen LogP contribution in [0.2, 0.25) is 0 Å². The summed E-state index contributed by atoms with van der Waals surface area (Å²) in [5.74, 6) is 0. The fourth-order valence-electron chi connectivity index (χ4n) is 4.17. The Kier molecular flexibility index (Phi) is 14.4. The lowest BCUT2D eigenvalue weighted by atomic mass is 10.2. The first-order valence-corrected chi connectivity index (χ1v) is 12.6. The lowest BCUT2D eigenvalue weighted by Crippen LogP contribution is -2.48. The third-order valence-electron chi connectivity index (χ3n) is 6.57. The molecule has 6 heteroatoms. The Morgan fingerprint density at radius 1 is 0.367 bits per heavy atom. The van der Waals surface area contributed by atoms with Crippen molar-refractivity contribution in [1.29, 1.82) is 0 Å². The van der Waals surface area contributed by atoms with Crippen LogP contribution in [-0.2, 0) is 0 Å². The summed E-state index contributed by atoms with van der Waals surface area (Å²) in [6, 6.07) is 2.38. The van der Waals surface area contributed by atoms with Crippen molar-refractivity contribution in [1.82, 2.24) is 30.2 Å². The lowest BCUT2D eigenvalue weighted by molar-refractivity contribution is 0.144. The third-order valence-corrected chi connectivity index (χ3v) is 6.57. The van der Waals surface area contributed by atoms with Gasteiger partial charge in [0.2, 0.25) is 0 Å². The molecule has 0 aliphatic carbocycles.